The van der Waals surface area contributed by atoms with Gasteiger partial charge in [0, 0.05) is 16.9 Å². The number of carbonyl (C=O) groups is 1. The first kappa shape index (κ1) is 26.6. The molecule has 0 unspecified atom stereocenters. The molecule has 39 heavy (non-hydrogen) atoms. The molecular formula is C27H22ClN7O4. The number of hydrogen-bond acceptors (Lipinski definition) is 10. The van der Waals surface area contributed by atoms with Gasteiger partial charge in [0.2, 0.25) is 17.8 Å². The van der Waals surface area contributed by atoms with Crippen molar-refractivity contribution in [3.8, 4) is 17.1 Å². The number of aromatic nitrogens is 3. The number of anilines is 5. The average molecular weight is 544 g/mol. The van der Waals surface area contributed by atoms with Gasteiger partial charge in [-0.25, -0.2) is 10.2 Å². The molecule has 0 aliphatic carbocycles. The predicted octanol–water partition coefficient (Wildman–Crippen LogP) is 5.89. The first-order chi connectivity index (χ1) is 18.5. The zero-order valence-electron chi connectivity index (χ0n) is 20.1. The fourth-order valence-corrected chi connectivity index (χ4v) is 3.43. The third kappa shape index (κ3) is 6.87. The summed E-state index contributed by atoms with van der Waals surface area (Å²) in [5.41, 5.74) is 4.68. The summed E-state index contributed by atoms with van der Waals surface area (Å²) in [6, 6.07) is 26.5. The number of aromatic hydroxyl groups is 1. The van der Waals surface area contributed by atoms with E-state index in [1.165, 1.54) is 18.3 Å². The molecule has 0 saturated heterocycles. The van der Waals surface area contributed by atoms with E-state index < -0.39 is 5.97 Å². The number of carboxylic acids is 1. The standard InChI is InChI=1S/C27H21N7O4.ClH/c35-22-13-11-17(15-21(22)24(36)37)23-14-12-20(38-23)16-28-34-27-32-25(29-18-7-3-1-4-8-18)31-26(33-27)30-19-9-5-2-6-10-19;/h1-16,35H,(H,36,37)(H3,29,30,31,32,33,34);1H/b28-16+;. The maximum atomic E-state index is 11.3. The second kappa shape index (κ2) is 12.2. The van der Waals surface area contributed by atoms with Crippen molar-refractivity contribution in [3.63, 3.8) is 0 Å². The molecule has 11 nitrogen and oxygen atoms in total. The largest absolute Gasteiger partial charge is 0.507 e. The van der Waals surface area contributed by atoms with Crippen LogP contribution in [0.1, 0.15) is 16.1 Å². The molecular weight excluding hydrogens is 522 g/mol. The zero-order chi connectivity index (χ0) is 26.3. The van der Waals surface area contributed by atoms with Crippen molar-refractivity contribution < 1.29 is 19.4 Å². The second-order valence-electron chi connectivity index (χ2n) is 7.90. The van der Waals surface area contributed by atoms with Gasteiger partial charge in [-0.15, -0.1) is 12.4 Å². The van der Waals surface area contributed by atoms with E-state index in [1.807, 2.05) is 60.7 Å². The number of hydrazone groups is 1. The van der Waals surface area contributed by atoms with Crippen molar-refractivity contribution in [2.24, 2.45) is 5.10 Å². The summed E-state index contributed by atoms with van der Waals surface area (Å²) in [5.74, 6) is 0.0624. The van der Waals surface area contributed by atoms with Gasteiger partial charge in [0.15, 0.2) is 0 Å². The normalized spacial score (nSPS) is 10.6. The molecule has 2 aromatic heterocycles. The minimum Gasteiger partial charge on any atom is -0.507 e. The van der Waals surface area contributed by atoms with Gasteiger partial charge in [-0.05, 0) is 54.6 Å². The SMILES string of the molecule is Cl.O=C(O)c1cc(-c2ccc(/C=N/Nc3nc(Nc4ccccc4)nc(Nc4ccccc4)n3)o2)ccc1O. The highest BCUT2D eigenvalue weighted by atomic mass is 35.5. The molecule has 0 spiro atoms. The highest BCUT2D eigenvalue weighted by Gasteiger charge is 2.13. The number of carboxylic acid groups (broad SMARTS) is 1. The first-order valence-corrected chi connectivity index (χ1v) is 11.4. The fourth-order valence-electron chi connectivity index (χ4n) is 3.43. The van der Waals surface area contributed by atoms with E-state index in [-0.39, 0.29) is 29.7 Å². The number of phenols is 1. The van der Waals surface area contributed by atoms with E-state index in [2.05, 4.69) is 36.1 Å². The lowest BCUT2D eigenvalue weighted by Crippen LogP contribution is -2.07. The third-order valence-electron chi connectivity index (χ3n) is 5.19. The Morgan fingerprint density at radius 3 is 1.97 bits per heavy atom. The Hall–Kier alpha value is -5.42. The number of hydrogen-bond donors (Lipinski definition) is 5. The number of aromatic carboxylic acids is 1. The molecule has 3 aromatic carbocycles. The van der Waals surface area contributed by atoms with Crippen molar-refractivity contribution >= 4 is 53.8 Å². The Bertz CT molecular complexity index is 1540. The lowest BCUT2D eigenvalue weighted by Gasteiger charge is -2.10. The first-order valence-electron chi connectivity index (χ1n) is 11.4. The Morgan fingerprint density at radius 2 is 1.38 bits per heavy atom. The van der Waals surface area contributed by atoms with Crippen LogP contribution < -0.4 is 16.1 Å². The Labute approximate surface area is 228 Å². The zero-order valence-corrected chi connectivity index (χ0v) is 21.0. The minimum absolute atomic E-state index is 0. The summed E-state index contributed by atoms with van der Waals surface area (Å²) in [4.78, 5) is 24.5. The Balaban J connectivity index is 0.00000353. The summed E-state index contributed by atoms with van der Waals surface area (Å²) in [6.45, 7) is 0. The highest BCUT2D eigenvalue weighted by Crippen LogP contribution is 2.27. The number of nitrogens with zero attached hydrogens (tertiary/aromatic N) is 4. The Kier molecular flexibility index (Phi) is 8.34. The van der Waals surface area contributed by atoms with Crippen LogP contribution in [0.2, 0.25) is 0 Å². The van der Waals surface area contributed by atoms with E-state index in [1.54, 1.807) is 18.2 Å². The monoisotopic (exact) mass is 543 g/mol. The van der Waals surface area contributed by atoms with Crippen LogP contribution in [-0.4, -0.2) is 37.3 Å². The lowest BCUT2D eigenvalue weighted by molar-refractivity contribution is 0.0693. The molecule has 12 heteroatoms. The molecule has 0 fully saturated rings. The molecule has 2 heterocycles. The van der Waals surface area contributed by atoms with Crippen LogP contribution in [0, 0.1) is 0 Å². The second-order valence-corrected chi connectivity index (χ2v) is 7.90. The number of nitrogens with one attached hydrogen (secondary N) is 3. The van der Waals surface area contributed by atoms with Crippen LogP contribution in [0.3, 0.4) is 0 Å². The molecule has 5 rings (SSSR count). The fraction of sp³-hybridized carbons (Fsp3) is 0. The number of furan rings is 1. The quantitative estimate of drug-likeness (QED) is 0.112. The van der Waals surface area contributed by atoms with E-state index in [0.29, 0.717) is 29.0 Å². The van der Waals surface area contributed by atoms with Crippen LogP contribution in [0.25, 0.3) is 11.3 Å². The lowest BCUT2D eigenvalue weighted by atomic mass is 10.1. The third-order valence-corrected chi connectivity index (χ3v) is 5.19. The van der Waals surface area contributed by atoms with Crippen LogP contribution in [-0.2, 0) is 0 Å². The molecule has 0 amide bonds. The summed E-state index contributed by atoms with van der Waals surface area (Å²) in [7, 11) is 0. The number of para-hydroxylation sites is 2. The molecule has 196 valence electrons. The van der Waals surface area contributed by atoms with Gasteiger partial charge in [-0.1, -0.05) is 36.4 Å². The van der Waals surface area contributed by atoms with Crippen molar-refractivity contribution in [1.29, 1.82) is 0 Å². The van der Waals surface area contributed by atoms with Gasteiger partial charge in [0.25, 0.3) is 0 Å². The van der Waals surface area contributed by atoms with Crippen LogP contribution in [0.5, 0.6) is 5.75 Å². The predicted molar refractivity (Wildman–Crippen MR) is 151 cm³/mol. The summed E-state index contributed by atoms with van der Waals surface area (Å²) in [5, 5.41) is 29.4. The topological polar surface area (TPSA) is 158 Å². The summed E-state index contributed by atoms with van der Waals surface area (Å²) < 4.78 is 5.75. The van der Waals surface area contributed by atoms with E-state index in [0.717, 1.165) is 11.4 Å². The van der Waals surface area contributed by atoms with Gasteiger partial charge >= 0.3 is 5.97 Å². The van der Waals surface area contributed by atoms with Gasteiger partial charge < -0.3 is 25.3 Å². The van der Waals surface area contributed by atoms with E-state index in [9.17, 15) is 15.0 Å². The number of halogens is 1. The molecule has 0 bridgehead atoms. The van der Waals surface area contributed by atoms with Gasteiger partial charge in [-0.2, -0.15) is 20.1 Å². The molecule has 0 aliphatic rings. The molecule has 0 atom stereocenters. The molecule has 0 aliphatic heterocycles. The van der Waals surface area contributed by atoms with Crippen LogP contribution >= 0.6 is 12.4 Å². The van der Waals surface area contributed by atoms with Crippen LogP contribution in [0.4, 0.5) is 29.2 Å². The van der Waals surface area contributed by atoms with Gasteiger partial charge in [0.1, 0.15) is 22.8 Å². The maximum Gasteiger partial charge on any atom is 0.339 e. The van der Waals surface area contributed by atoms with E-state index in [4.69, 9.17) is 4.42 Å². The summed E-state index contributed by atoms with van der Waals surface area (Å²) in [6.07, 6.45) is 1.43. The van der Waals surface area contributed by atoms with Crippen molar-refractivity contribution in [2.45, 2.75) is 0 Å². The number of rotatable bonds is 9. The van der Waals surface area contributed by atoms with Crippen LogP contribution in [0.15, 0.2) is 101 Å². The van der Waals surface area contributed by atoms with Gasteiger partial charge in [0.05, 0.1) is 6.21 Å². The van der Waals surface area contributed by atoms with E-state index >= 15 is 0 Å². The van der Waals surface area contributed by atoms with Crippen molar-refractivity contribution in [3.05, 3.63) is 102 Å². The highest BCUT2D eigenvalue weighted by molar-refractivity contribution is 5.92. The minimum atomic E-state index is -1.23. The van der Waals surface area contributed by atoms with Crippen molar-refractivity contribution in [2.75, 3.05) is 16.1 Å². The molecule has 0 saturated carbocycles. The van der Waals surface area contributed by atoms with Crippen molar-refractivity contribution in [1.82, 2.24) is 15.0 Å². The Morgan fingerprint density at radius 1 is 0.795 bits per heavy atom. The summed E-state index contributed by atoms with van der Waals surface area (Å²) >= 11 is 0. The number of benzene rings is 3. The molecule has 5 N–H and O–H groups in total. The molecule has 0 radical (unpaired) electrons. The average Bonchev–Trinajstić information content (AvgIpc) is 3.39. The maximum absolute atomic E-state index is 11.3. The smallest absolute Gasteiger partial charge is 0.339 e. The van der Waals surface area contributed by atoms with Gasteiger partial charge in [-0.3, -0.25) is 0 Å². The molecule has 5 aromatic rings.